The van der Waals surface area contributed by atoms with Crippen LogP contribution in [0.2, 0.25) is 0 Å². The van der Waals surface area contributed by atoms with E-state index in [0.717, 1.165) is 0 Å². The molecule has 4 nitrogen and oxygen atoms in total. The summed E-state index contributed by atoms with van der Waals surface area (Å²) in [6.45, 7) is 0. The minimum Gasteiger partial charge on any atom is -0.309 e. The van der Waals surface area contributed by atoms with Crippen molar-refractivity contribution in [2.24, 2.45) is 0 Å². The first-order chi connectivity index (χ1) is 38.8. The zero-order valence-corrected chi connectivity index (χ0v) is 42.0. The Bertz CT molecular complexity index is 5020. The second-order valence-electron chi connectivity index (χ2n) is 21.4. The largest absolute Gasteiger partial charge is 0.309 e. The SMILES string of the molecule is c1ccc2c(-n3c4ccccc4c4ccccc43)c3c(c(-n4c5ccccc5c5ccccc54)c2c1)-c1ccc2c4c(ccc-3c14)-c1c(-n3c4ccccc4c4ccccc43)ccc(-n3c4ccccc4c4ccccc43)c1-2. The highest BCUT2D eigenvalue weighted by molar-refractivity contribution is 6.33. The van der Waals surface area contributed by atoms with E-state index in [9.17, 15) is 0 Å². The van der Waals surface area contributed by atoms with Gasteiger partial charge in [0.25, 0.3) is 0 Å². The standard InChI is InChI=1S/C74H42N4/c1-2-28-52-51(27-1)73(77-61-33-15-7-23-47(61)48-24-8-16-34-62(48)77)71-55-39-37-53-67-54(38-40-56(68(55)67)72(71)74(52)78-63-35-17-9-25-49(63)50-26-10-18-36-64(50)78)70-66(76-59-31-13-5-21-45(59)46-22-6-14-32-60(46)76)42-41-65(69(53)70)75-57-29-11-3-19-43(57)44-20-4-12-30-58(44)75/h1-42H. The lowest BCUT2D eigenvalue weighted by atomic mass is 9.92. The second-order valence-corrected chi connectivity index (χ2v) is 21.4. The van der Waals surface area contributed by atoms with Gasteiger partial charge in [-0.1, -0.05) is 194 Å². The Morgan fingerprint density at radius 3 is 0.628 bits per heavy atom. The van der Waals surface area contributed by atoms with Crippen molar-refractivity contribution in [3.63, 3.8) is 0 Å². The van der Waals surface area contributed by atoms with Crippen molar-refractivity contribution in [1.29, 1.82) is 0 Å². The van der Waals surface area contributed by atoms with Crippen LogP contribution in [0.25, 0.3) is 176 Å². The Kier molecular flexibility index (Phi) is 7.71. The summed E-state index contributed by atoms with van der Waals surface area (Å²) >= 11 is 0. The maximum Gasteiger partial charge on any atom is 0.0626 e. The molecule has 19 rings (SSSR count). The summed E-state index contributed by atoms with van der Waals surface area (Å²) in [7, 11) is 0. The number of rotatable bonds is 4. The van der Waals surface area contributed by atoms with Crippen LogP contribution in [0.15, 0.2) is 255 Å². The van der Waals surface area contributed by atoms with Gasteiger partial charge in [0.05, 0.1) is 66.9 Å². The van der Waals surface area contributed by atoms with Crippen LogP contribution in [-0.4, -0.2) is 18.3 Å². The summed E-state index contributed by atoms with van der Waals surface area (Å²) in [6.07, 6.45) is 0. The van der Waals surface area contributed by atoms with Crippen LogP contribution in [0.3, 0.4) is 0 Å². The molecular weight excluding hydrogens is 945 g/mol. The molecule has 13 aromatic carbocycles. The third-order valence-electron chi connectivity index (χ3n) is 17.8. The molecule has 358 valence electrons. The van der Waals surface area contributed by atoms with Crippen LogP contribution in [0.5, 0.6) is 0 Å². The molecule has 0 unspecified atom stereocenters. The van der Waals surface area contributed by atoms with Gasteiger partial charge in [-0.15, -0.1) is 0 Å². The van der Waals surface area contributed by atoms with Crippen LogP contribution < -0.4 is 0 Å². The quantitative estimate of drug-likeness (QED) is 0.167. The van der Waals surface area contributed by atoms with E-state index in [1.807, 2.05) is 0 Å². The number of fused-ring (bicyclic) bond motifs is 19. The van der Waals surface area contributed by atoms with Gasteiger partial charge in [-0.05, 0) is 93.7 Å². The van der Waals surface area contributed by atoms with Crippen molar-refractivity contribution in [2.75, 3.05) is 0 Å². The minimum absolute atomic E-state index is 1.18. The maximum atomic E-state index is 2.59. The molecule has 0 radical (unpaired) electrons. The topological polar surface area (TPSA) is 19.7 Å². The molecule has 2 aliphatic carbocycles. The van der Waals surface area contributed by atoms with Crippen LogP contribution in [0.1, 0.15) is 0 Å². The first-order valence-electron chi connectivity index (χ1n) is 27.1. The van der Waals surface area contributed by atoms with E-state index in [1.54, 1.807) is 0 Å². The molecule has 0 saturated carbocycles. The molecule has 4 aromatic heterocycles. The van der Waals surface area contributed by atoms with Gasteiger partial charge in [-0.3, -0.25) is 0 Å². The molecule has 0 amide bonds. The van der Waals surface area contributed by atoms with Crippen molar-refractivity contribution in [1.82, 2.24) is 18.3 Å². The number of benzene rings is 13. The smallest absolute Gasteiger partial charge is 0.0626 e. The Labute approximate surface area is 446 Å². The van der Waals surface area contributed by atoms with Crippen LogP contribution >= 0.6 is 0 Å². The highest BCUT2D eigenvalue weighted by Gasteiger charge is 2.38. The molecule has 4 heterocycles. The molecule has 0 fully saturated rings. The molecule has 17 aromatic rings. The Morgan fingerprint density at radius 2 is 0.372 bits per heavy atom. The van der Waals surface area contributed by atoms with Crippen molar-refractivity contribution < 1.29 is 0 Å². The Hall–Kier alpha value is -10.4. The fourth-order valence-electron chi connectivity index (χ4n) is 14.9. The highest BCUT2D eigenvalue weighted by atomic mass is 15.0. The Balaban J connectivity index is 1.01. The van der Waals surface area contributed by atoms with Gasteiger partial charge in [0.15, 0.2) is 0 Å². The van der Waals surface area contributed by atoms with E-state index in [2.05, 4.69) is 273 Å². The zero-order valence-electron chi connectivity index (χ0n) is 42.0. The third-order valence-corrected chi connectivity index (χ3v) is 17.8. The van der Waals surface area contributed by atoms with Crippen LogP contribution in [0.4, 0.5) is 0 Å². The molecule has 0 bridgehead atoms. The predicted octanol–water partition coefficient (Wildman–Crippen LogP) is 19.7. The molecule has 2 aliphatic rings. The van der Waals surface area contributed by atoms with Gasteiger partial charge >= 0.3 is 0 Å². The van der Waals surface area contributed by atoms with E-state index in [1.165, 1.54) is 176 Å². The molecule has 0 atom stereocenters. The van der Waals surface area contributed by atoms with Crippen LogP contribution in [-0.2, 0) is 0 Å². The van der Waals surface area contributed by atoms with Gasteiger partial charge in [0.1, 0.15) is 0 Å². The van der Waals surface area contributed by atoms with Crippen molar-refractivity contribution in [2.45, 2.75) is 0 Å². The van der Waals surface area contributed by atoms with Crippen LogP contribution in [0, 0.1) is 0 Å². The summed E-state index contributed by atoms with van der Waals surface area (Å²) in [4.78, 5) is 0. The van der Waals surface area contributed by atoms with E-state index in [-0.39, 0.29) is 0 Å². The minimum atomic E-state index is 1.18. The van der Waals surface area contributed by atoms with E-state index in [4.69, 9.17) is 0 Å². The summed E-state index contributed by atoms with van der Waals surface area (Å²) in [5.41, 5.74) is 24.4. The lowest BCUT2D eigenvalue weighted by Crippen LogP contribution is -2.04. The number of para-hydroxylation sites is 8. The van der Waals surface area contributed by atoms with E-state index in [0.29, 0.717) is 0 Å². The number of hydrogen-bond acceptors (Lipinski definition) is 0. The van der Waals surface area contributed by atoms with Gasteiger partial charge in [-0.2, -0.15) is 0 Å². The number of aromatic nitrogens is 4. The fourth-order valence-corrected chi connectivity index (χ4v) is 14.9. The Morgan fingerprint density at radius 1 is 0.167 bits per heavy atom. The lowest BCUT2D eigenvalue weighted by Gasteiger charge is -2.23. The average Bonchev–Trinajstić information content (AvgIpc) is 4.46. The van der Waals surface area contributed by atoms with Gasteiger partial charge in [-0.25, -0.2) is 0 Å². The van der Waals surface area contributed by atoms with Gasteiger partial charge in [0, 0.05) is 76.1 Å². The molecule has 4 heteroatoms. The fraction of sp³-hybridized carbons (Fsp3) is 0. The average molecular weight is 987 g/mol. The van der Waals surface area contributed by atoms with Crippen molar-refractivity contribution in [3.05, 3.63) is 255 Å². The molecule has 0 aliphatic heterocycles. The van der Waals surface area contributed by atoms with Gasteiger partial charge < -0.3 is 18.3 Å². The van der Waals surface area contributed by atoms with Crippen molar-refractivity contribution >= 4 is 109 Å². The highest BCUT2D eigenvalue weighted by Crippen LogP contribution is 2.63. The van der Waals surface area contributed by atoms with E-state index < -0.39 is 0 Å². The predicted molar refractivity (Wildman–Crippen MR) is 328 cm³/mol. The second kappa shape index (κ2) is 14.7. The molecule has 0 saturated heterocycles. The first-order valence-corrected chi connectivity index (χ1v) is 27.1. The molecule has 78 heavy (non-hydrogen) atoms. The van der Waals surface area contributed by atoms with Crippen molar-refractivity contribution in [3.8, 4) is 67.3 Å². The summed E-state index contributed by atoms with van der Waals surface area (Å²) in [5, 5.41) is 15.0. The summed E-state index contributed by atoms with van der Waals surface area (Å²) < 4.78 is 10.2. The van der Waals surface area contributed by atoms with E-state index >= 15 is 0 Å². The molecule has 0 N–H and O–H groups in total. The summed E-state index contributed by atoms with van der Waals surface area (Å²) in [5.74, 6) is 0. The lowest BCUT2D eigenvalue weighted by molar-refractivity contribution is 1.15. The monoisotopic (exact) mass is 986 g/mol. The third kappa shape index (κ3) is 4.93. The number of nitrogens with zero attached hydrogens (tertiary/aromatic N) is 4. The zero-order chi connectivity index (χ0) is 50.5. The van der Waals surface area contributed by atoms with Gasteiger partial charge in [0.2, 0.25) is 0 Å². The summed E-state index contributed by atoms with van der Waals surface area (Å²) in [6, 6.07) is 95.6. The number of hydrogen-bond donors (Lipinski definition) is 0. The molecule has 0 spiro atoms. The maximum absolute atomic E-state index is 2.59. The molecular formula is C74H42N4. The first kappa shape index (κ1) is 40.9. The normalized spacial score (nSPS) is 12.6.